The Morgan fingerprint density at radius 1 is 0.527 bits per heavy atom. The van der Waals surface area contributed by atoms with Gasteiger partial charge in [0.05, 0.1) is 53.4 Å². The van der Waals surface area contributed by atoms with Crippen LogP contribution < -0.4 is 36.8 Å². The Morgan fingerprint density at radius 3 is 1.30 bits per heavy atom. The number of amides is 9. The third-order valence-electron chi connectivity index (χ3n) is 14.7. The predicted octanol–water partition coefficient (Wildman–Crippen LogP) is 1.71. The first-order valence-corrected chi connectivity index (χ1v) is 25.9. The third kappa shape index (κ3) is 11.7. The summed E-state index contributed by atoms with van der Waals surface area (Å²) in [6, 6.07) is 9.09. The Bertz CT molecular complexity index is 2640. The molecule has 0 radical (unpaired) electrons. The van der Waals surface area contributed by atoms with Crippen LogP contribution in [0.2, 0.25) is 0 Å². The number of carbonyl (C=O) groups excluding carboxylic acids is 9. The maximum Gasteiger partial charge on any atom is 0.256 e. The van der Waals surface area contributed by atoms with Crippen molar-refractivity contribution in [3.8, 4) is 0 Å². The summed E-state index contributed by atoms with van der Waals surface area (Å²) in [5.74, 6) is 0.689. The Morgan fingerprint density at radius 2 is 0.946 bits per heavy atom. The number of anilines is 2. The smallest absolute Gasteiger partial charge is 0.256 e. The van der Waals surface area contributed by atoms with Gasteiger partial charge in [-0.1, -0.05) is 13.8 Å². The van der Waals surface area contributed by atoms with Gasteiger partial charge in [-0.25, -0.2) is 15.0 Å². The average Bonchev–Trinajstić information content (AvgIpc) is 4.24. The molecule has 12 heterocycles. The summed E-state index contributed by atoms with van der Waals surface area (Å²) in [4.78, 5) is 129. The van der Waals surface area contributed by atoms with Crippen LogP contribution in [0.4, 0.5) is 11.6 Å². The van der Waals surface area contributed by atoms with Crippen molar-refractivity contribution in [2.24, 2.45) is 17.6 Å². The second kappa shape index (κ2) is 23.0. The molecule has 0 aromatic carbocycles. The number of hydrogen-bond donors (Lipinski definition) is 5. The fraction of sp³-hybridized carbons (Fsp3) is 0.520. The molecule has 0 aliphatic carbocycles. The zero-order valence-corrected chi connectivity index (χ0v) is 43.7. The Labute approximate surface area is 442 Å². The van der Waals surface area contributed by atoms with Gasteiger partial charge >= 0.3 is 0 Å². The highest BCUT2D eigenvalue weighted by Gasteiger charge is 2.43. The van der Waals surface area contributed by atoms with Gasteiger partial charge in [0, 0.05) is 51.5 Å². The summed E-state index contributed by atoms with van der Waals surface area (Å²) in [6.07, 6.45) is 5.33. The number of hydrogen-bond acceptors (Lipinski definition) is 16. The van der Waals surface area contributed by atoms with Gasteiger partial charge in [0.15, 0.2) is 0 Å². The van der Waals surface area contributed by atoms with Crippen LogP contribution in [-0.2, 0) is 48.4 Å². The summed E-state index contributed by atoms with van der Waals surface area (Å²) >= 11 is 3.26. The lowest BCUT2D eigenvalue weighted by molar-refractivity contribution is -0.138. The lowest BCUT2D eigenvalue weighted by Gasteiger charge is -2.29. The Hall–Kier alpha value is -6.43. The highest BCUT2D eigenvalue weighted by Crippen LogP contribution is 2.32. The number of nitrogens with one attached hydrogen (secondary N) is 4. The molecule has 9 amide bonds. The normalized spacial score (nSPS) is 25.9. The largest absolute Gasteiger partial charge is 0.356 e. The number of piperidine rings is 3. The van der Waals surface area contributed by atoms with Crippen LogP contribution in [-0.4, -0.2) is 146 Å². The number of nitrogens with zero attached hydrogens (tertiary/aromatic N) is 8. The number of imide groups is 3. The van der Waals surface area contributed by atoms with Crippen LogP contribution in [0.5, 0.6) is 0 Å². The van der Waals surface area contributed by atoms with Crippen molar-refractivity contribution in [1.82, 2.24) is 50.9 Å². The fourth-order valence-corrected chi connectivity index (χ4v) is 10.9. The van der Waals surface area contributed by atoms with Gasteiger partial charge < -0.3 is 35.6 Å². The number of fused-ring (bicyclic) bond motifs is 3. The highest BCUT2D eigenvalue weighted by molar-refractivity contribution is 9.10. The van der Waals surface area contributed by atoms with Gasteiger partial charge in [-0.15, -0.1) is 12.4 Å². The van der Waals surface area contributed by atoms with Crippen molar-refractivity contribution in [1.29, 1.82) is 0 Å². The van der Waals surface area contributed by atoms with Crippen LogP contribution in [0.15, 0.2) is 41.0 Å². The van der Waals surface area contributed by atoms with E-state index in [2.05, 4.69) is 75.8 Å². The van der Waals surface area contributed by atoms with Crippen LogP contribution >= 0.6 is 28.3 Å². The predicted molar refractivity (Wildman–Crippen MR) is 273 cm³/mol. The van der Waals surface area contributed by atoms with Crippen molar-refractivity contribution >= 4 is 93.1 Å². The van der Waals surface area contributed by atoms with Gasteiger partial charge in [0.25, 0.3) is 17.7 Å². The molecule has 6 N–H and O–H groups in total. The number of nitrogens with two attached hydrogens (primary N) is 1. The fourth-order valence-electron chi connectivity index (χ4n) is 10.5. The first-order valence-electron chi connectivity index (χ1n) is 25.1. The molecule has 6 saturated heterocycles. The molecule has 6 fully saturated rings. The minimum atomic E-state index is -0.604. The maximum absolute atomic E-state index is 12.6. The molecule has 3 aromatic rings. The van der Waals surface area contributed by atoms with Crippen molar-refractivity contribution in [2.75, 3.05) is 49.1 Å². The van der Waals surface area contributed by atoms with E-state index in [9.17, 15) is 43.2 Å². The molecule has 9 aliphatic heterocycles. The Balaban J connectivity index is 0.000000140. The standard InChI is InChI=1S/C17H20N4O3.C16H19N5O3.C12H10BrN3O3.C5H11N.ClH/c1-10-6-7-20(8-10)14-4-2-11-12(18-14)9-21(17(11)24)13-3-5-15(22)19-16(13)23;17-9-5-6-20(7-9)13-3-1-10-11(18-13)8-21(16(10)24)12-2-4-14(22)19-15(12)23;13-9-3-1-6-7(14-9)5-16(12(6)19)8-2-4-10(17)15-11(8)18;1-5-2-3-6-4-5;/h2,4,10,13H,3,5-9H2,1H3,(H,19,22,23);1,3,9,12H,2,4-8,17H2,(H,19,22,23);1,3,8H,2,4-5H2,(H,15,17,18);5-6H,2-4H2,1H3;1H. The summed E-state index contributed by atoms with van der Waals surface area (Å²) in [5.41, 5.74) is 9.62. The second-order valence-electron chi connectivity index (χ2n) is 20.1. The molecule has 0 saturated carbocycles. The molecule has 22 nitrogen and oxygen atoms in total. The average molecular weight is 1100 g/mol. The summed E-state index contributed by atoms with van der Waals surface area (Å²) in [5, 5.41) is 10.1. The van der Waals surface area contributed by atoms with Gasteiger partial charge in [-0.2, -0.15) is 0 Å². The SMILES string of the molecule is CC1CCN(c2ccc3c(n2)CN(C2CCC(=O)NC2=O)C3=O)C1.CC1CCNC1.Cl.NC1CCN(c2ccc3c(n2)CN(C2CCC(=O)NC2=O)C3=O)C1.O=C1CCC(N2Cc3nc(Br)ccc3C2=O)C(=O)N1. The summed E-state index contributed by atoms with van der Waals surface area (Å²) in [7, 11) is 0. The number of aromatic nitrogens is 3. The summed E-state index contributed by atoms with van der Waals surface area (Å²) < 4.78 is 0.657. The molecule has 0 bridgehead atoms. The topological polar surface area (TPSA) is 283 Å². The van der Waals surface area contributed by atoms with Crippen molar-refractivity contribution in [3.05, 3.63) is 74.8 Å². The highest BCUT2D eigenvalue weighted by atomic mass is 79.9. The lowest BCUT2D eigenvalue weighted by atomic mass is 10.0. The van der Waals surface area contributed by atoms with E-state index in [0.29, 0.717) is 77.5 Å². The van der Waals surface area contributed by atoms with E-state index in [-0.39, 0.29) is 79.1 Å². The van der Waals surface area contributed by atoms with Gasteiger partial charge in [-0.05, 0) is 116 Å². The molecule has 3 aromatic heterocycles. The van der Waals surface area contributed by atoms with E-state index in [1.54, 1.807) is 18.2 Å². The van der Waals surface area contributed by atoms with Crippen LogP contribution in [0.3, 0.4) is 0 Å². The molecule has 6 atom stereocenters. The van der Waals surface area contributed by atoms with E-state index < -0.39 is 29.9 Å². The molecule has 394 valence electrons. The van der Waals surface area contributed by atoms with Crippen LogP contribution in [0.1, 0.15) is 120 Å². The molecule has 12 rings (SSSR count). The van der Waals surface area contributed by atoms with E-state index in [1.807, 2.05) is 18.2 Å². The zero-order chi connectivity index (χ0) is 51.7. The Kier molecular flexibility index (Phi) is 16.7. The van der Waals surface area contributed by atoms with E-state index in [1.165, 1.54) is 34.2 Å². The van der Waals surface area contributed by atoms with E-state index >= 15 is 0 Å². The monoisotopic (exact) mass is 1100 g/mol. The molecular weight excluding hydrogens is 1040 g/mol. The molecule has 6 unspecified atom stereocenters. The first-order chi connectivity index (χ1) is 35.0. The van der Waals surface area contributed by atoms with Crippen molar-refractivity contribution in [2.45, 2.75) is 115 Å². The van der Waals surface area contributed by atoms with Gasteiger partial charge in [-0.3, -0.25) is 59.1 Å². The zero-order valence-electron chi connectivity index (χ0n) is 41.3. The maximum atomic E-state index is 12.6. The number of carbonyl (C=O) groups is 9. The number of rotatable bonds is 5. The molecule has 74 heavy (non-hydrogen) atoms. The van der Waals surface area contributed by atoms with E-state index in [0.717, 1.165) is 62.3 Å². The van der Waals surface area contributed by atoms with Crippen molar-refractivity contribution < 1.29 is 43.2 Å². The molecule has 9 aliphatic rings. The lowest BCUT2D eigenvalue weighted by Crippen LogP contribution is -2.52. The first kappa shape index (κ1) is 53.8. The van der Waals surface area contributed by atoms with E-state index in [4.69, 9.17) is 5.73 Å². The van der Waals surface area contributed by atoms with Crippen LogP contribution in [0, 0.1) is 11.8 Å². The minimum absolute atomic E-state index is 0. The third-order valence-corrected chi connectivity index (χ3v) is 15.1. The summed E-state index contributed by atoms with van der Waals surface area (Å²) in [6.45, 7) is 11.5. The van der Waals surface area contributed by atoms with Crippen molar-refractivity contribution in [3.63, 3.8) is 0 Å². The van der Waals surface area contributed by atoms with Gasteiger partial charge in [0.2, 0.25) is 35.4 Å². The molecular formula is C50H61BrClN13O9. The molecule has 24 heteroatoms. The number of halogens is 2. The molecule has 0 spiro atoms. The van der Waals surface area contributed by atoms with Gasteiger partial charge in [0.1, 0.15) is 34.4 Å². The minimum Gasteiger partial charge on any atom is -0.356 e. The van der Waals surface area contributed by atoms with Crippen LogP contribution in [0.25, 0.3) is 0 Å². The second-order valence-corrected chi connectivity index (χ2v) is 20.9. The number of pyridine rings is 3. The quantitative estimate of drug-likeness (QED) is 0.180.